The maximum Gasteiger partial charge on any atom is 0.0253 e. The predicted octanol–water partition coefficient (Wildman–Crippen LogP) is 3.59. The molecule has 20 heavy (non-hydrogen) atoms. The van der Waals surface area contributed by atoms with Crippen molar-refractivity contribution < 1.29 is 0 Å². The van der Waals surface area contributed by atoms with E-state index in [9.17, 15) is 0 Å². The minimum atomic E-state index is 0.220. The molecule has 2 nitrogen and oxygen atoms in total. The van der Waals surface area contributed by atoms with Gasteiger partial charge in [0, 0.05) is 31.2 Å². The zero-order valence-electron chi connectivity index (χ0n) is 13.7. The lowest BCUT2D eigenvalue weighted by Crippen LogP contribution is -2.61. The van der Waals surface area contributed by atoms with E-state index in [0.717, 1.165) is 25.6 Å². The Kier molecular flexibility index (Phi) is 4.87. The molecule has 0 bridgehead atoms. The average Bonchev–Trinajstić information content (AvgIpc) is 2.35. The van der Waals surface area contributed by atoms with E-state index in [-0.39, 0.29) is 5.54 Å². The zero-order chi connectivity index (χ0) is 14.8. The molecule has 1 N–H and O–H groups in total. The second kappa shape index (κ2) is 6.28. The maximum absolute atomic E-state index is 3.70. The highest BCUT2D eigenvalue weighted by Gasteiger charge is 2.32. The fourth-order valence-electron chi connectivity index (χ4n) is 3.11. The van der Waals surface area contributed by atoms with Crippen LogP contribution in [0.15, 0.2) is 24.3 Å². The van der Waals surface area contributed by atoms with Crippen molar-refractivity contribution in [1.29, 1.82) is 0 Å². The second-order valence-corrected chi connectivity index (χ2v) is 7.44. The monoisotopic (exact) mass is 274 g/mol. The first-order valence-corrected chi connectivity index (χ1v) is 7.90. The van der Waals surface area contributed by atoms with Gasteiger partial charge < -0.3 is 5.32 Å². The number of hydrogen-bond donors (Lipinski definition) is 1. The van der Waals surface area contributed by atoms with Crippen LogP contribution in [0.2, 0.25) is 0 Å². The lowest BCUT2D eigenvalue weighted by atomic mass is 9.93. The molecular weight excluding hydrogens is 244 g/mol. The van der Waals surface area contributed by atoms with E-state index in [1.807, 2.05) is 0 Å². The molecule has 2 heteroatoms. The van der Waals surface area contributed by atoms with Crippen molar-refractivity contribution >= 4 is 0 Å². The van der Waals surface area contributed by atoms with Gasteiger partial charge in [0.2, 0.25) is 0 Å². The van der Waals surface area contributed by atoms with Gasteiger partial charge in [-0.25, -0.2) is 0 Å². The summed E-state index contributed by atoms with van der Waals surface area (Å²) in [6.07, 6.45) is 1.27. The summed E-state index contributed by atoms with van der Waals surface area (Å²) in [7, 11) is 0. The Labute approximate surface area is 124 Å². The predicted molar refractivity (Wildman–Crippen MR) is 86.9 cm³/mol. The number of nitrogens with zero attached hydrogens (tertiary/aromatic N) is 1. The Morgan fingerprint density at radius 2 is 1.90 bits per heavy atom. The van der Waals surface area contributed by atoms with Gasteiger partial charge in [0.25, 0.3) is 0 Å². The summed E-state index contributed by atoms with van der Waals surface area (Å²) in [4.78, 5) is 2.67. The molecule has 1 aliphatic heterocycles. The van der Waals surface area contributed by atoms with Crippen LogP contribution in [0.1, 0.15) is 45.2 Å². The van der Waals surface area contributed by atoms with E-state index in [4.69, 9.17) is 0 Å². The summed E-state index contributed by atoms with van der Waals surface area (Å²) in [6.45, 7) is 14.7. The van der Waals surface area contributed by atoms with Crippen molar-refractivity contribution in [2.75, 3.05) is 13.1 Å². The molecule has 112 valence electrons. The third-order valence-corrected chi connectivity index (χ3v) is 4.18. The number of hydrogen-bond acceptors (Lipinski definition) is 2. The minimum Gasteiger partial charge on any atom is -0.309 e. The molecule has 1 atom stereocenters. The topological polar surface area (TPSA) is 15.3 Å². The molecule has 0 radical (unpaired) electrons. The van der Waals surface area contributed by atoms with Crippen molar-refractivity contribution in [3.8, 4) is 0 Å². The summed E-state index contributed by atoms with van der Waals surface area (Å²) in [5.41, 5.74) is 2.99. The Bertz CT molecular complexity index is 420. The van der Waals surface area contributed by atoms with Gasteiger partial charge in [-0.3, -0.25) is 4.90 Å². The van der Waals surface area contributed by atoms with Crippen LogP contribution in [-0.4, -0.2) is 29.6 Å². The highest BCUT2D eigenvalue weighted by atomic mass is 15.2. The van der Waals surface area contributed by atoms with Crippen LogP contribution in [0.5, 0.6) is 0 Å². The molecule has 1 aliphatic rings. The average molecular weight is 274 g/mol. The molecule has 0 saturated carbocycles. The van der Waals surface area contributed by atoms with Gasteiger partial charge in [-0.1, -0.05) is 43.7 Å². The SMILES string of the molecule is Cc1ccc(CN2CC(C)(C)NCC2CC(C)C)cc1. The van der Waals surface area contributed by atoms with E-state index in [2.05, 4.69) is 69.1 Å². The minimum absolute atomic E-state index is 0.220. The van der Waals surface area contributed by atoms with Gasteiger partial charge in [0.05, 0.1) is 0 Å². The molecule has 1 fully saturated rings. The van der Waals surface area contributed by atoms with Crippen molar-refractivity contribution in [3.05, 3.63) is 35.4 Å². The van der Waals surface area contributed by atoms with Gasteiger partial charge in [-0.2, -0.15) is 0 Å². The first-order valence-electron chi connectivity index (χ1n) is 7.90. The molecule has 2 rings (SSSR count). The van der Waals surface area contributed by atoms with Gasteiger partial charge in [0.15, 0.2) is 0 Å². The maximum atomic E-state index is 3.70. The summed E-state index contributed by atoms with van der Waals surface area (Å²) < 4.78 is 0. The van der Waals surface area contributed by atoms with E-state index >= 15 is 0 Å². The molecule has 0 spiro atoms. The number of nitrogens with one attached hydrogen (secondary N) is 1. The summed E-state index contributed by atoms with van der Waals surface area (Å²) >= 11 is 0. The van der Waals surface area contributed by atoms with Gasteiger partial charge in [0.1, 0.15) is 0 Å². The third kappa shape index (κ3) is 4.32. The Balaban J connectivity index is 2.08. The fraction of sp³-hybridized carbons (Fsp3) is 0.667. The summed E-state index contributed by atoms with van der Waals surface area (Å²) in [5, 5.41) is 3.70. The van der Waals surface area contributed by atoms with Crippen molar-refractivity contribution in [2.45, 2.75) is 59.2 Å². The smallest absolute Gasteiger partial charge is 0.0253 e. The van der Waals surface area contributed by atoms with E-state index in [1.54, 1.807) is 0 Å². The number of benzene rings is 1. The lowest BCUT2D eigenvalue weighted by molar-refractivity contribution is 0.0760. The summed E-state index contributed by atoms with van der Waals surface area (Å²) in [6, 6.07) is 9.65. The lowest BCUT2D eigenvalue weighted by Gasteiger charge is -2.45. The van der Waals surface area contributed by atoms with Crippen LogP contribution in [0.25, 0.3) is 0 Å². The summed E-state index contributed by atoms with van der Waals surface area (Å²) in [5.74, 6) is 0.753. The van der Waals surface area contributed by atoms with Crippen molar-refractivity contribution in [2.24, 2.45) is 5.92 Å². The van der Waals surface area contributed by atoms with Crippen LogP contribution < -0.4 is 5.32 Å². The van der Waals surface area contributed by atoms with Crippen LogP contribution >= 0.6 is 0 Å². The molecule has 0 aliphatic carbocycles. The Morgan fingerprint density at radius 3 is 2.50 bits per heavy atom. The fourth-order valence-corrected chi connectivity index (χ4v) is 3.11. The molecule has 0 amide bonds. The Hall–Kier alpha value is -0.860. The zero-order valence-corrected chi connectivity index (χ0v) is 13.7. The molecule has 1 aromatic carbocycles. The Morgan fingerprint density at radius 1 is 1.25 bits per heavy atom. The quantitative estimate of drug-likeness (QED) is 0.902. The molecule has 1 saturated heterocycles. The van der Waals surface area contributed by atoms with Crippen LogP contribution in [0.3, 0.4) is 0 Å². The first kappa shape index (κ1) is 15.5. The highest BCUT2D eigenvalue weighted by molar-refractivity contribution is 5.21. The van der Waals surface area contributed by atoms with Crippen LogP contribution in [0, 0.1) is 12.8 Å². The molecule has 1 aromatic rings. The van der Waals surface area contributed by atoms with E-state index in [0.29, 0.717) is 6.04 Å². The van der Waals surface area contributed by atoms with Gasteiger partial charge in [-0.05, 0) is 38.7 Å². The second-order valence-electron chi connectivity index (χ2n) is 7.44. The molecule has 0 aromatic heterocycles. The van der Waals surface area contributed by atoms with Gasteiger partial charge in [-0.15, -0.1) is 0 Å². The normalized spacial score (nSPS) is 23.2. The number of aryl methyl sites for hydroxylation is 1. The van der Waals surface area contributed by atoms with Crippen molar-refractivity contribution in [1.82, 2.24) is 10.2 Å². The van der Waals surface area contributed by atoms with Crippen LogP contribution in [0.4, 0.5) is 0 Å². The highest BCUT2D eigenvalue weighted by Crippen LogP contribution is 2.22. The third-order valence-electron chi connectivity index (χ3n) is 4.18. The largest absolute Gasteiger partial charge is 0.309 e. The van der Waals surface area contributed by atoms with Gasteiger partial charge >= 0.3 is 0 Å². The number of piperazine rings is 1. The standard InChI is InChI=1S/C18H30N2/c1-14(2)10-17-11-19-18(4,5)13-20(17)12-16-8-6-15(3)7-9-16/h6-9,14,17,19H,10-13H2,1-5H3. The number of rotatable bonds is 4. The van der Waals surface area contributed by atoms with E-state index < -0.39 is 0 Å². The molecular formula is C18H30N2. The van der Waals surface area contributed by atoms with Crippen LogP contribution in [-0.2, 0) is 6.54 Å². The van der Waals surface area contributed by atoms with Crippen molar-refractivity contribution in [3.63, 3.8) is 0 Å². The first-order chi connectivity index (χ1) is 9.35. The van der Waals surface area contributed by atoms with E-state index in [1.165, 1.54) is 17.5 Å². The molecule has 1 unspecified atom stereocenters. The molecule has 1 heterocycles.